The van der Waals surface area contributed by atoms with E-state index in [4.69, 9.17) is 4.18 Å². The summed E-state index contributed by atoms with van der Waals surface area (Å²) in [7, 11) is -3.45. The van der Waals surface area contributed by atoms with Gasteiger partial charge in [-0.05, 0) is 38.5 Å². The highest BCUT2D eigenvalue weighted by molar-refractivity contribution is 7.86. The van der Waals surface area contributed by atoms with E-state index in [2.05, 4.69) is 13.8 Å². The van der Waals surface area contributed by atoms with Crippen molar-refractivity contribution in [3.8, 4) is 0 Å². The Morgan fingerprint density at radius 2 is 2.14 bits per heavy atom. The zero-order valence-corrected chi connectivity index (χ0v) is 14.2. The van der Waals surface area contributed by atoms with Crippen LogP contribution in [-0.4, -0.2) is 31.5 Å². The number of aliphatic hydroxyl groups is 1. The van der Waals surface area contributed by atoms with Crippen molar-refractivity contribution < 1.29 is 17.7 Å². The lowest BCUT2D eigenvalue weighted by molar-refractivity contribution is -0.000458. The summed E-state index contributed by atoms with van der Waals surface area (Å²) in [6, 6.07) is 0. The molecule has 2 aliphatic carbocycles. The number of fused-ring (bicyclic) bond motifs is 1. The fourth-order valence-electron chi connectivity index (χ4n) is 3.77. The zero-order valence-electron chi connectivity index (χ0n) is 13.4. The molecule has 1 unspecified atom stereocenters. The predicted octanol–water partition coefficient (Wildman–Crippen LogP) is 3.16. The first kappa shape index (κ1) is 17.0. The van der Waals surface area contributed by atoms with Crippen LogP contribution in [-0.2, 0) is 14.3 Å². The molecular weight excluding hydrogens is 288 g/mol. The molecule has 21 heavy (non-hydrogen) atoms. The van der Waals surface area contributed by atoms with Gasteiger partial charge in [0.15, 0.2) is 0 Å². The van der Waals surface area contributed by atoms with Crippen LogP contribution in [0.15, 0.2) is 11.6 Å². The van der Waals surface area contributed by atoms with Gasteiger partial charge in [-0.2, -0.15) is 8.42 Å². The highest BCUT2D eigenvalue weighted by atomic mass is 32.2. The van der Waals surface area contributed by atoms with Gasteiger partial charge in [0.05, 0.1) is 18.0 Å². The minimum Gasteiger partial charge on any atom is -0.386 e. The second-order valence-corrected chi connectivity index (χ2v) is 8.58. The number of unbranched alkanes of at least 4 members (excludes halogenated alkanes) is 1. The Kier molecular flexibility index (Phi) is 4.86. The second-order valence-electron chi connectivity index (χ2n) is 6.98. The molecule has 0 aromatic carbocycles. The lowest BCUT2D eigenvalue weighted by atomic mass is 9.61. The fourth-order valence-corrected chi connectivity index (χ4v) is 4.50. The molecule has 1 saturated carbocycles. The van der Waals surface area contributed by atoms with Gasteiger partial charge in [0.1, 0.15) is 0 Å². The minimum atomic E-state index is -3.45. The monoisotopic (exact) mass is 316 g/mol. The number of hydrogen-bond acceptors (Lipinski definition) is 4. The van der Waals surface area contributed by atoms with Crippen LogP contribution >= 0.6 is 0 Å². The SMILES string of the molecule is CCCCC1(O)C=C2CCC[C@H](OS(C)(=O)=O)[C@@]2(C)CC1. The molecule has 0 aliphatic heterocycles. The van der Waals surface area contributed by atoms with E-state index in [1.165, 1.54) is 5.57 Å². The lowest BCUT2D eigenvalue weighted by Crippen LogP contribution is -2.46. The first-order chi connectivity index (χ1) is 9.69. The molecular formula is C16H28O4S. The van der Waals surface area contributed by atoms with Gasteiger partial charge in [-0.3, -0.25) is 4.18 Å². The highest BCUT2D eigenvalue weighted by Gasteiger charge is 2.47. The van der Waals surface area contributed by atoms with E-state index >= 15 is 0 Å². The molecule has 4 nitrogen and oxygen atoms in total. The molecule has 3 atom stereocenters. The van der Waals surface area contributed by atoms with Crippen LogP contribution in [0.25, 0.3) is 0 Å². The molecule has 2 aliphatic rings. The smallest absolute Gasteiger partial charge is 0.264 e. The van der Waals surface area contributed by atoms with Crippen LogP contribution in [0.1, 0.15) is 65.2 Å². The lowest BCUT2D eigenvalue weighted by Gasteiger charge is -2.48. The van der Waals surface area contributed by atoms with Crippen LogP contribution in [0.3, 0.4) is 0 Å². The number of rotatable bonds is 5. The molecule has 0 saturated heterocycles. The topological polar surface area (TPSA) is 63.6 Å². The molecule has 1 N–H and O–H groups in total. The fraction of sp³-hybridized carbons (Fsp3) is 0.875. The molecule has 122 valence electrons. The van der Waals surface area contributed by atoms with Crippen LogP contribution in [0.5, 0.6) is 0 Å². The average Bonchev–Trinajstić information content (AvgIpc) is 2.38. The maximum atomic E-state index is 11.5. The molecule has 0 amide bonds. The highest BCUT2D eigenvalue weighted by Crippen LogP contribution is 2.51. The molecule has 1 fully saturated rings. The summed E-state index contributed by atoms with van der Waals surface area (Å²) in [4.78, 5) is 0. The van der Waals surface area contributed by atoms with E-state index < -0.39 is 15.7 Å². The van der Waals surface area contributed by atoms with Crippen molar-refractivity contribution in [2.45, 2.75) is 76.9 Å². The molecule has 5 heteroatoms. The summed E-state index contributed by atoms with van der Waals surface area (Å²) in [5.41, 5.74) is 0.227. The summed E-state index contributed by atoms with van der Waals surface area (Å²) >= 11 is 0. The Balaban J connectivity index is 2.23. The first-order valence-electron chi connectivity index (χ1n) is 8.01. The van der Waals surface area contributed by atoms with Gasteiger partial charge in [-0.25, -0.2) is 0 Å². The minimum absolute atomic E-state index is 0.250. The zero-order chi connectivity index (χ0) is 15.7. The maximum Gasteiger partial charge on any atom is 0.264 e. The van der Waals surface area contributed by atoms with E-state index in [0.717, 1.165) is 51.2 Å². The van der Waals surface area contributed by atoms with E-state index in [1.54, 1.807) is 0 Å². The standard InChI is InChI=1S/C16H28O4S/c1-4-5-9-16(17)11-10-15(2)13(12-16)7-6-8-14(15)20-21(3,18)19/h12,14,17H,4-11H2,1-3H3/t14-,15-,16?/m0/s1. The number of hydrogen-bond donors (Lipinski definition) is 1. The molecule has 0 spiro atoms. The molecule has 0 aromatic heterocycles. The quantitative estimate of drug-likeness (QED) is 0.625. The summed E-state index contributed by atoms with van der Waals surface area (Å²) in [6.45, 7) is 4.22. The van der Waals surface area contributed by atoms with Crippen molar-refractivity contribution in [2.24, 2.45) is 5.41 Å². The van der Waals surface area contributed by atoms with E-state index in [1.807, 2.05) is 6.08 Å². The third kappa shape index (κ3) is 3.88. The Labute approximate surface area is 128 Å². The Hall–Kier alpha value is -0.390. The van der Waals surface area contributed by atoms with Gasteiger partial charge in [0, 0.05) is 5.41 Å². The normalized spacial score (nSPS) is 37.0. The van der Waals surface area contributed by atoms with E-state index in [0.29, 0.717) is 6.42 Å². The predicted molar refractivity (Wildman–Crippen MR) is 83.5 cm³/mol. The summed E-state index contributed by atoms with van der Waals surface area (Å²) in [6.07, 6.45) is 9.84. The largest absolute Gasteiger partial charge is 0.386 e. The summed E-state index contributed by atoms with van der Waals surface area (Å²) < 4.78 is 28.3. The van der Waals surface area contributed by atoms with Gasteiger partial charge in [0.25, 0.3) is 10.1 Å². The third-order valence-corrected chi connectivity index (χ3v) is 5.71. The maximum absolute atomic E-state index is 11.5. The van der Waals surface area contributed by atoms with Crippen molar-refractivity contribution >= 4 is 10.1 Å². The van der Waals surface area contributed by atoms with Crippen LogP contribution < -0.4 is 0 Å². The van der Waals surface area contributed by atoms with Gasteiger partial charge >= 0.3 is 0 Å². The van der Waals surface area contributed by atoms with Gasteiger partial charge in [-0.15, -0.1) is 0 Å². The van der Waals surface area contributed by atoms with E-state index in [-0.39, 0.29) is 11.5 Å². The van der Waals surface area contributed by atoms with Crippen molar-refractivity contribution in [3.05, 3.63) is 11.6 Å². The Morgan fingerprint density at radius 3 is 2.76 bits per heavy atom. The van der Waals surface area contributed by atoms with Gasteiger partial charge in [-0.1, -0.05) is 38.3 Å². The van der Waals surface area contributed by atoms with Gasteiger partial charge < -0.3 is 5.11 Å². The summed E-state index contributed by atoms with van der Waals surface area (Å²) in [5.74, 6) is 0. The first-order valence-corrected chi connectivity index (χ1v) is 9.83. The molecule has 0 radical (unpaired) electrons. The second kappa shape index (κ2) is 6.01. The Bertz CT molecular complexity index is 510. The van der Waals surface area contributed by atoms with Crippen LogP contribution in [0, 0.1) is 5.41 Å². The molecule has 0 aromatic rings. The van der Waals surface area contributed by atoms with Crippen LogP contribution in [0.2, 0.25) is 0 Å². The van der Waals surface area contributed by atoms with Crippen molar-refractivity contribution in [3.63, 3.8) is 0 Å². The molecule has 0 heterocycles. The summed E-state index contributed by atoms with van der Waals surface area (Å²) in [5, 5.41) is 10.7. The van der Waals surface area contributed by atoms with E-state index in [9.17, 15) is 13.5 Å². The molecule has 2 rings (SSSR count). The van der Waals surface area contributed by atoms with Crippen molar-refractivity contribution in [1.29, 1.82) is 0 Å². The van der Waals surface area contributed by atoms with Crippen molar-refractivity contribution in [1.82, 2.24) is 0 Å². The third-order valence-electron chi connectivity index (χ3n) is 5.13. The van der Waals surface area contributed by atoms with Gasteiger partial charge in [0.2, 0.25) is 0 Å². The Morgan fingerprint density at radius 1 is 1.43 bits per heavy atom. The van der Waals surface area contributed by atoms with Crippen LogP contribution in [0.4, 0.5) is 0 Å². The van der Waals surface area contributed by atoms with Crippen molar-refractivity contribution in [2.75, 3.05) is 6.26 Å². The molecule has 0 bridgehead atoms. The average molecular weight is 316 g/mol.